The maximum atomic E-state index is 13.9. The Morgan fingerprint density at radius 3 is 2.59 bits per heavy atom. The predicted octanol–water partition coefficient (Wildman–Crippen LogP) is 3.39. The van der Waals surface area contributed by atoms with Crippen LogP contribution < -0.4 is 19.7 Å². The lowest BCUT2D eigenvalue weighted by Crippen LogP contribution is -2.50. The number of nitrogens with zero attached hydrogens (tertiary/aromatic N) is 4. The molecule has 34 heavy (non-hydrogen) atoms. The number of hydrogen-bond donors (Lipinski definition) is 1. The summed E-state index contributed by atoms with van der Waals surface area (Å²) in [6, 6.07) is 13.8. The summed E-state index contributed by atoms with van der Waals surface area (Å²) in [5, 5.41) is 7.85. The van der Waals surface area contributed by atoms with Crippen LogP contribution >= 0.6 is 0 Å². The zero-order valence-corrected chi connectivity index (χ0v) is 18.7. The molecule has 174 valence electrons. The van der Waals surface area contributed by atoms with Crippen molar-refractivity contribution in [2.24, 2.45) is 0 Å². The summed E-state index contributed by atoms with van der Waals surface area (Å²) in [6.45, 7) is 4.63. The molecular formula is C25H24FN5O3. The number of fused-ring (bicyclic) bond motifs is 2. The third kappa shape index (κ3) is 3.44. The average molecular weight is 461 g/mol. The van der Waals surface area contributed by atoms with Gasteiger partial charge in [-0.25, -0.2) is 9.07 Å². The molecule has 1 amide bonds. The van der Waals surface area contributed by atoms with Gasteiger partial charge < -0.3 is 24.6 Å². The van der Waals surface area contributed by atoms with Gasteiger partial charge in [0, 0.05) is 43.6 Å². The number of anilines is 2. The third-order valence-electron chi connectivity index (χ3n) is 6.61. The second-order valence-electron chi connectivity index (χ2n) is 8.60. The molecule has 3 aliphatic rings. The zero-order chi connectivity index (χ0) is 23.2. The Balaban J connectivity index is 1.28. The largest absolute Gasteiger partial charge is 0.454 e. The topological polar surface area (TPSA) is 71.9 Å². The molecular weight excluding hydrogens is 437 g/mol. The molecule has 0 saturated carbocycles. The van der Waals surface area contributed by atoms with Crippen LogP contribution in [0.2, 0.25) is 0 Å². The Kier molecular flexibility index (Phi) is 4.90. The SMILES string of the molecule is CC1=C(C(=O)N2CCN(c3ccc(F)cc3)CC2)C(c2ccc3c(c2)OCO3)n2nccc2N1. The summed E-state index contributed by atoms with van der Waals surface area (Å²) in [6.07, 6.45) is 1.73. The molecule has 0 aliphatic carbocycles. The number of carbonyl (C=O) groups excluding carboxylic acids is 1. The van der Waals surface area contributed by atoms with Crippen molar-refractivity contribution in [3.8, 4) is 11.5 Å². The number of benzene rings is 2. The Bertz CT molecular complexity index is 1280. The van der Waals surface area contributed by atoms with E-state index in [-0.39, 0.29) is 24.6 Å². The second-order valence-corrected chi connectivity index (χ2v) is 8.60. The monoisotopic (exact) mass is 461 g/mol. The minimum absolute atomic E-state index is 0.0208. The fraction of sp³-hybridized carbons (Fsp3) is 0.280. The van der Waals surface area contributed by atoms with Crippen molar-refractivity contribution in [1.82, 2.24) is 14.7 Å². The number of aromatic nitrogens is 2. The maximum Gasteiger partial charge on any atom is 0.254 e. The highest BCUT2D eigenvalue weighted by Gasteiger charge is 2.36. The molecule has 1 N–H and O–H groups in total. The third-order valence-corrected chi connectivity index (χ3v) is 6.61. The average Bonchev–Trinajstić information content (AvgIpc) is 3.52. The summed E-state index contributed by atoms with van der Waals surface area (Å²) in [7, 11) is 0. The Labute approximate surface area is 196 Å². The minimum atomic E-state index is -0.386. The van der Waals surface area contributed by atoms with Crippen LogP contribution in [0.4, 0.5) is 15.9 Å². The van der Waals surface area contributed by atoms with E-state index in [9.17, 15) is 9.18 Å². The molecule has 1 aromatic heterocycles. The van der Waals surface area contributed by atoms with Gasteiger partial charge in [-0.15, -0.1) is 0 Å². The van der Waals surface area contributed by atoms with E-state index < -0.39 is 0 Å². The number of rotatable bonds is 3. The van der Waals surface area contributed by atoms with Gasteiger partial charge >= 0.3 is 0 Å². The highest BCUT2D eigenvalue weighted by molar-refractivity contribution is 5.97. The molecule has 1 saturated heterocycles. The fourth-order valence-electron chi connectivity index (χ4n) is 4.86. The number of hydrogen-bond acceptors (Lipinski definition) is 6. The number of ether oxygens (including phenoxy) is 2. The first-order valence-corrected chi connectivity index (χ1v) is 11.3. The number of allylic oxidation sites excluding steroid dienone is 1. The van der Waals surface area contributed by atoms with Gasteiger partial charge in [-0.05, 0) is 48.9 Å². The van der Waals surface area contributed by atoms with E-state index in [0.29, 0.717) is 43.3 Å². The van der Waals surface area contributed by atoms with Crippen molar-refractivity contribution < 1.29 is 18.7 Å². The van der Waals surface area contributed by atoms with Crippen molar-refractivity contribution in [3.63, 3.8) is 0 Å². The summed E-state index contributed by atoms with van der Waals surface area (Å²) in [4.78, 5) is 17.9. The lowest BCUT2D eigenvalue weighted by molar-refractivity contribution is -0.128. The van der Waals surface area contributed by atoms with E-state index in [0.717, 1.165) is 22.8 Å². The van der Waals surface area contributed by atoms with Crippen molar-refractivity contribution in [2.45, 2.75) is 13.0 Å². The number of piperazine rings is 1. The lowest BCUT2D eigenvalue weighted by Gasteiger charge is -2.38. The molecule has 0 radical (unpaired) electrons. The molecule has 8 nitrogen and oxygen atoms in total. The maximum absolute atomic E-state index is 13.9. The Morgan fingerprint density at radius 1 is 1.03 bits per heavy atom. The molecule has 3 aliphatic heterocycles. The second kappa shape index (κ2) is 8.09. The van der Waals surface area contributed by atoms with Crippen LogP contribution in [0, 0.1) is 5.82 Å². The van der Waals surface area contributed by atoms with Crippen LogP contribution in [0.1, 0.15) is 18.5 Å². The van der Waals surface area contributed by atoms with E-state index >= 15 is 0 Å². The lowest BCUT2D eigenvalue weighted by atomic mass is 9.94. The van der Waals surface area contributed by atoms with Crippen LogP contribution in [0.25, 0.3) is 0 Å². The van der Waals surface area contributed by atoms with Crippen LogP contribution in [-0.2, 0) is 4.79 Å². The van der Waals surface area contributed by atoms with Crippen LogP contribution in [0.5, 0.6) is 11.5 Å². The van der Waals surface area contributed by atoms with Crippen molar-refractivity contribution in [3.05, 3.63) is 77.4 Å². The Hall–Kier alpha value is -4.01. The molecule has 3 aromatic rings. The van der Waals surface area contributed by atoms with E-state index in [1.165, 1.54) is 12.1 Å². The first-order valence-electron chi connectivity index (χ1n) is 11.3. The molecule has 0 spiro atoms. The van der Waals surface area contributed by atoms with Crippen molar-refractivity contribution in [1.29, 1.82) is 0 Å². The number of nitrogens with one attached hydrogen (secondary N) is 1. The van der Waals surface area contributed by atoms with E-state index in [4.69, 9.17) is 9.47 Å². The standard InChI is InChI=1S/C25H24FN5O3/c1-16-23(25(32)30-12-10-29(11-13-30)19-5-3-18(26)4-6-19)24(31-22(28-16)8-9-27-31)17-2-7-20-21(14-17)34-15-33-20/h2-9,14,24,28H,10-13,15H2,1H3. The van der Waals surface area contributed by atoms with E-state index in [2.05, 4.69) is 15.3 Å². The van der Waals surface area contributed by atoms with Crippen LogP contribution in [0.15, 0.2) is 66.0 Å². The van der Waals surface area contributed by atoms with Crippen molar-refractivity contribution >= 4 is 17.4 Å². The summed E-state index contributed by atoms with van der Waals surface area (Å²) < 4.78 is 26.2. The van der Waals surface area contributed by atoms with Gasteiger partial charge in [0.25, 0.3) is 5.91 Å². The smallest absolute Gasteiger partial charge is 0.254 e. The van der Waals surface area contributed by atoms with Gasteiger partial charge in [0.15, 0.2) is 11.5 Å². The molecule has 1 unspecified atom stereocenters. The molecule has 0 bridgehead atoms. The highest BCUT2D eigenvalue weighted by Crippen LogP contribution is 2.41. The molecule has 9 heteroatoms. The zero-order valence-electron chi connectivity index (χ0n) is 18.7. The van der Waals surface area contributed by atoms with Gasteiger partial charge in [0.1, 0.15) is 17.7 Å². The van der Waals surface area contributed by atoms with Gasteiger partial charge in [0.05, 0.1) is 11.8 Å². The normalized spacial score (nSPS) is 19.2. The summed E-state index contributed by atoms with van der Waals surface area (Å²) in [5.74, 6) is 1.92. The van der Waals surface area contributed by atoms with Gasteiger partial charge in [-0.2, -0.15) is 5.10 Å². The molecule has 1 fully saturated rings. The van der Waals surface area contributed by atoms with Crippen LogP contribution in [0.3, 0.4) is 0 Å². The van der Waals surface area contributed by atoms with Gasteiger partial charge in [0.2, 0.25) is 6.79 Å². The quantitative estimate of drug-likeness (QED) is 0.645. The van der Waals surface area contributed by atoms with E-state index in [1.54, 1.807) is 18.3 Å². The summed E-state index contributed by atoms with van der Waals surface area (Å²) in [5.41, 5.74) is 3.33. The molecule has 6 rings (SSSR count). The van der Waals surface area contributed by atoms with Crippen LogP contribution in [-0.4, -0.2) is 53.6 Å². The molecule has 2 aromatic carbocycles. The number of carbonyl (C=O) groups is 1. The predicted molar refractivity (Wildman–Crippen MR) is 124 cm³/mol. The first-order chi connectivity index (χ1) is 16.6. The molecule has 4 heterocycles. The number of amides is 1. The van der Waals surface area contributed by atoms with E-state index in [1.807, 2.05) is 40.8 Å². The van der Waals surface area contributed by atoms with Crippen molar-refractivity contribution in [2.75, 3.05) is 43.2 Å². The molecule has 1 atom stereocenters. The van der Waals surface area contributed by atoms with Gasteiger partial charge in [-0.1, -0.05) is 6.07 Å². The summed E-state index contributed by atoms with van der Waals surface area (Å²) >= 11 is 0. The fourth-order valence-corrected chi connectivity index (χ4v) is 4.86. The number of halogens is 1. The highest BCUT2D eigenvalue weighted by atomic mass is 19.1. The van der Waals surface area contributed by atoms with Gasteiger partial charge in [-0.3, -0.25) is 4.79 Å². The first kappa shape index (κ1) is 20.6. The Morgan fingerprint density at radius 2 is 1.79 bits per heavy atom. The minimum Gasteiger partial charge on any atom is -0.454 e.